The predicted molar refractivity (Wildman–Crippen MR) is 93.6 cm³/mol. The Morgan fingerprint density at radius 3 is 2.39 bits per heavy atom. The highest BCUT2D eigenvalue weighted by atomic mass is 16.5. The SMILES string of the molecule is COc1ccc(C(=O)Nc2ccc(N3CCCC3)c(C)c2)cc1. The van der Waals surface area contributed by atoms with Crippen molar-refractivity contribution >= 4 is 17.3 Å². The summed E-state index contributed by atoms with van der Waals surface area (Å²) in [5, 5.41) is 2.96. The van der Waals surface area contributed by atoms with Gasteiger partial charge >= 0.3 is 0 Å². The summed E-state index contributed by atoms with van der Waals surface area (Å²) in [7, 11) is 1.61. The zero-order chi connectivity index (χ0) is 16.2. The van der Waals surface area contributed by atoms with Crippen LogP contribution in [0.25, 0.3) is 0 Å². The first-order valence-electron chi connectivity index (χ1n) is 7.98. The first kappa shape index (κ1) is 15.4. The van der Waals surface area contributed by atoms with E-state index in [2.05, 4.69) is 23.2 Å². The van der Waals surface area contributed by atoms with Crippen LogP contribution in [0.5, 0.6) is 5.75 Å². The number of methoxy groups -OCH3 is 1. The fourth-order valence-corrected chi connectivity index (χ4v) is 2.99. The van der Waals surface area contributed by atoms with Crippen LogP contribution in [0, 0.1) is 6.92 Å². The number of amides is 1. The van der Waals surface area contributed by atoms with Crippen molar-refractivity contribution in [1.29, 1.82) is 0 Å². The van der Waals surface area contributed by atoms with Crippen LogP contribution in [-0.4, -0.2) is 26.1 Å². The van der Waals surface area contributed by atoms with Crippen molar-refractivity contribution in [1.82, 2.24) is 0 Å². The van der Waals surface area contributed by atoms with Gasteiger partial charge < -0.3 is 15.0 Å². The number of hydrogen-bond acceptors (Lipinski definition) is 3. The molecule has 0 saturated carbocycles. The van der Waals surface area contributed by atoms with Gasteiger partial charge in [-0.25, -0.2) is 0 Å². The van der Waals surface area contributed by atoms with E-state index in [1.165, 1.54) is 24.1 Å². The van der Waals surface area contributed by atoms with Crippen LogP contribution in [0.4, 0.5) is 11.4 Å². The topological polar surface area (TPSA) is 41.6 Å². The summed E-state index contributed by atoms with van der Waals surface area (Å²) < 4.78 is 5.11. The predicted octanol–water partition coefficient (Wildman–Crippen LogP) is 3.86. The zero-order valence-corrected chi connectivity index (χ0v) is 13.6. The third-order valence-electron chi connectivity index (χ3n) is 4.25. The third-order valence-corrected chi connectivity index (χ3v) is 4.25. The fraction of sp³-hybridized carbons (Fsp3) is 0.316. The molecule has 1 aliphatic heterocycles. The maximum Gasteiger partial charge on any atom is 0.255 e. The molecule has 4 heteroatoms. The lowest BCUT2D eigenvalue weighted by Gasteiger charge is -2.20. The van der Waals surface area contributed by atoms with E-state index in [4.69, 9.17) is 4.74 Å². The molecule has 0 spiro atoms. The zero-order valence-electron chi connectivity index (χ0n) is 13.6. The average Bonchev–Trinajstić information content (AvgIpc) is 3.09. The fourth-order valence-electron chi connectivity index (χ4n) is 2.99. The number of rotatable bonds is 4. The number of anilines is 2. The van der Waals surface area contributed by atoms with Crippen molar-refractivity contribution < 1.29 is 9.53 Å². The maximum atomic E-state index is 12.3. The number of nitrogens with one attached hydrogen (secondary N) is 1. The van der Waals surface area contributed by atoms with E-state index in [1.807, 2.05) is 12.1 Å². The van der Waals surface area contributed by atoms with E-state index in [9.17, 15) is 4.79 Å². The number of carbonyl (C=O) groups excluding carboxylic acids is 1. The summed E-state index contributed by atoms with van der Waals surface area (Å²) in [4.78, 5) is 14.7. The summed E-state index contributed by atoms with van der Waals surface area (Å²) >= 11 is 0. The first-order chi connectivity index (χ1) is 11.2. The molecule has 1 fully saturated rings. The Labute approximate surface area is 137 Å². The Morgan fingerprint density at radius 1 is 1.09 bits per heavy atom. The van der Waals surface area contributed by atoms with Crippen LogP contribution in [0.2, 0.25) is 0 Å². The number of nitrogens with zero attached hydrogens (tertiary/aromatic N) is 1. The molecule has 1 aliphatic rings. The van der Waals surface area contributed by atoms with Crippen LogP contribution in [0.15, 0.2) is 42.5 Å². The quantitative estimate of drug-likeness (QED) is 0.932. The highest BCUT2D eigenvalue weighted by molar-refractivity contribution is 6.04. The minimum absolute atomic E-state index is 0.110. The molecule has 23 heavy (non-hydrogen) atoms. The van der Waals surface area contributed by atoms with Gasteiger partial charge in [0.05, 0.1) is 7.11 Å². The van der Waals surface area contributed by atoms with Gasteiger partial charge in [-0.15, -0.1) is 0 Å². The van der Waals surface area contributed by atoms with E-state index < -0.39 is 0 Å². The highest BCUT2D eigenvalue weighted by Crippen LogP contribution is 2.27. The van der Waals surface area contributed by atoms with Gasteiger partial charge in [0.2, 0.25) is 0 Å². The second kappa shape index (κ2) is 6.73. The second-order valence-electron chi connectivity index (χ2n) is 5.88. The molecule has 3 rings (SSSR count). The largest absolute Gasteiger partial charge is 0.497 e. The van der Waals surface area contributed by atoms with Crippen molar-refractivity contribution in [3.05, 3.63) is 53.6 Å². The first-order valence-corrected chi connectivity index (χ1v) is 7.98. The summed E-state index contributed by atoms with van der Waals surface area (Å²) in [5.74, 6) is 0.633. The molecule has 1 N–H and O–H groups in total. The minimum Gasteiger partial charge on any atom is -0.497 e. The lowest BCUT2D eigenvalue weighted by molar-refractivity contribution is 0.102. The van der Waals surface area contributed by atoms with Gasteiger partial charge in [-0.2, -0.15) is 0 Å². The van der Waals surface area contributed by atoms with Crippen molar-refractivity contribution in [2.45, 2.75) is 19.8 Å². The monoisotopic (exact) mass is 310 g/mol. The lowest BCUT2D eigenvalue weighted by Crippen LogP contribution is -2.19. The normalized spacial score (nSPS) is 13.9. The number of ether oxygens (including phenoxy) is 1. The van der Waals surface area contributed by atoms with Gasteiger partial charge in [0.1, 0.15) is 5.75 Å². The number of carbonyl (C=O) groups is 1. The van der Waals surface area contributed by atoms with Gasteiger partial charge in [0.15, 0.2) is 0 Å². The molecular formula is C19H22N2O2. The number of hydrogen-bond donors (Lipinski definition) is 1. The van der Waals surface area contributed by atoms with E-state index >= 15 is 0 Å². The van der Waals surface area contributed by atoms with Gasteiger partial charge in [-0.3, -0.25) is 4.79 Å². The van der Waals surface area contributed by atoms with Crippen LogP contribution < -0.4 is 15.0 Å². The van der Waals surface area contributed by atoms with E-state index in [0.29, 0.717) is 5.56 Å². The van der Waals surface area contributed by atoms with Crippen LogP contribution >= 0.6 is 0 Å². The average molecular weight is 310 g/mol. The lowest BCUT2D eigenvalue weighted by atomic mass is 10.1. The molecule has 1 saturated heterocycles. The Hall–Kier alpha value is -2.49. The molecule has 2 aromatic carbocycles. The van der Waals surface area contributed by atoms with Crippen LogP contribution in [0.1, 0.15) is 28.8 Å². The summed E-state index contributed by atoms with van der Waals surface area (Å²) in [6, 6.07) is 13.2. The molecule has 2 aromatic rings. The van der Waals surface area contributed by atoms with E-state index in [0.717, 1.165) is 24.5 Å². The van der Waals surface area contributed by atoms with Crippen molar-refractivity contribution in [2.24, 2.45) is 0 Å². The molecule has 0 aliphatic carbocycles. The number of aryl methyl sites for hydroxylation is 1. The number of benzene rings is 2. The smallest absolute Gasteiger partial charge is 0.255 e. The summed E-state index contributed by atoms with van der Waals surface area (Å²) in [5.41, 5.74) is 3.91. The molecule has 120 valence electrons. The van der Waals surface area contributed by atoms with Crippen molar-refractivity contribution in [2.75, 3.05) is 30.4 Å². The third kappa shape index (κ3) is 3.47. The Kier molecular flexibility index (Phi) is 4.51. The standard InChI is InChI=1S/C19H22N2O2/c1-14-13-16(7-10-18(14)21-11-3-4-12-21)20-19(22)15-5-8-17(23-2)9-6-15/h5-10,13H,3-4,11-12H2,1-2H3,(H,20,22). The molecular weight excluding hydrogens is 288 g/mol. The van der Waals surface area contributed by atoms with Crippen LogP contribution in [-0.2, 0) is 0 Å². The minimum atomic E-state index is -0.110. The molecule has 0 aromatic heterocycles. The molecule has 4 nitrogen and oxygen atoms in total. The molecule has 0 atom stereocenters. The summed E-state index contributed by atoms with van der Waals surface area (Å²) in [6.45, 7) is 4.34. The Bertz CT molecular complexity index is 689. The van der Waals surface area contributed by atoms with Crippen LogP contribution in [0.3, 0.4) is 0 Å². The summed E-state index contributed by atoms with van der Waals surface area (Å²) in [6.07, 6.45) is 2.52. The van der Waals surface area contributed by atoms with Crippen molar-refractivity contribution in [3.8, 4) is 5.75 Å². The molecule has 0 unspecified atom stereocenters. The molecule has 0 bridgehead atoms. The van der Waals surface area contributed by atoms with Gasteiger partial charge in [-0.05, 0) is 67.8 Å². The molecule has 1 heterocycles. The second-order valence-corrected chi connectivity index (χ2v) is 5.88. The van der Waals surface area contributed by atoms with Gasteiger partial charge in [0.25, 0.3) is 5.91 Å². The Balaban J connectivity index is 1.71. The van der Waals surface area contributed by atoms with E-state index in [1.54, 1.807) is 31.4 Å². The van der Waals surface area contributed by atoms with E-state index in [-0.39, 0.29) is 5.91 Å². The Morgan fingerprint density at radius 2 is 1.78 bits per heavy atom. The highest BCUT2D eigenvalue weighted by Gasteiger charge is 2.15. The van der Waals surface area contributed by atoms with Gasteiger partial charge in [-0.1, -0.05) is 0 Å². The molecule has 1 amide bonds. The maximum absolute atomic E-state index is 12.3. The van der Waals surface area contributed by atoms with Gasteiger partial charge in [0, 0.05) is 30.0 Å². The molecule has 0 radical (unpaired) electrons. The van der Waals surface area contributed by atoms with Crippen molar-refractivity contribution in [3.63, 3.8) is 0 Å².